The SMILES string of the molecule is O=C(O)c1cccc(NCc2ccc(OCc3ccc(Cl)cc3Cl)cc2)c1. The summed E-state index contributed by atoms with van der Waals surface area (Å²) in [7, 11) is 0. The Bertz CT molecular complexity index is 942. The van der Waals surface area contributed by atoms with Gasteiger partial charge in [-0.15, -0.1) is 0 Å². The molecule has 27 heavy (non-hydrogen) atoms. The Morgan fingerprint density at radius 2 is 1.78 bits per heavy atom. The van der Waals surface area contributed by atoms with Gasteiger partial charge < -0.3 is 15.2 Å². The molecule has 0 atom stereocenters. The molecule has 0 spiro atoms. The Morgan fingerprint density at radius 1 is 1.00 bits per heavy atom. The van der Waals surface area contributed by atoms with Crippen LogP contribution in [0.2, 0.25) is 10.0 Å². The summed E-state index contributed by atoms with van der Waals surface area (Å²) >= 11 is 12.0. The molecule has 138 valence electrons. The highest BCUT2D eigenvalue weighted by Gasteiger charge is 2.04. The first-order chi connectivity index (χ1) is 13.0. The van der Waals surface area contributed by atoms with Crippen LogP contribution < -0.4 is 10.1 Å². The van der Waals surface area contributed by atoms with Crippen LogP contribution in [0.15, 0.2) is 66.7 Å². The number of rotatable bonds is 7. The van der Waals surface area contributed by atoms with E-state index in [1.807, 2.05) is 36.4 Å². The van der Waals surface area contributed by atoms with Crippen LogP contribution >= 0.6 is 23.2 Å². The maximum absolute atomic E-state index is 11.0. The molecule has 0 aromatic heterocycles. The van der Waals surface area contributed by atoms with Crippen molar-refractivity contribution in [3.05, 3.63) is 93.5 Å². The normalized spacial score (nSPS) is 10.4. The predicted molar refractivity (Wildman–Crippen MR) is 108 cm³/mol. The fraction of sp³-hybridized carbons (Fsp3) is 0.0952. The third kappa shape index (κ3) is 5.39. The van der Waals surface area contributed by atoms with Crippen molar-refractivity contribution in [3.63, 3.8) is 0 Å². The van der Waals surface area contributed by atoms with E-state index in [2.05, 4.69) is 5.32 Å². The lowest BCUT2D eigenvalue weighted by molar-refractivity contribution is 0.0697. The average Bonchev–Trinajstić information content (AvgIpc) is 2.67. The third-order valence-corrected chi connectivity index (χ3v) is 4.53. The molecule has 3 aromatic carbocycles. The second-order valence-corrected chi connectivity index (χ2v) is 6.75. The van der Waals surface area contributed by atoms with Crippen LogP contribution in [-0.2, 0) is 13.2 Å². The van der Waals surface area contributed by atoms with Crippen molar-refractivity contribution >= 4 is 34.9 Å². The number of nitrogens with one attached hydrogen (secondary N) is 1. The van der Waals surface area contributed by atoms with Crippen LogP contribution in [0.3, 0.4) is 0 Å². The third-order valence-electron chi connectivity index (χ3n) is 3.94. The van der Waals surface area contributed by atoms with Crippen molar-refractivity contribution in [3.8, 4) is 5.75 Å². The first-order valence-corrected chi connectivity index (χ1v) is 9.00. The van der Waals surface area contributed by atoms with Gasteiger partial charge in [-0.05, 0) is 48.0 Å². The minimum absolute atomic E-state index is 0.254. The van der Waals surface area contributed by atoms with Gasteiger partial charge in [-0.2, -0.15) is 0 Å². The van der Waals surface area contributed by atoms with Gasteiger partial charge in [-0.3, -0.25) is 0 Å². The first kappa shape index (κ1) is 19.1. The van der Waals surface area contributed by atoms with Gasteiger partial charge >= 0.3 is 5.97 Å². The van der Waals surface area contributed by atoms with Crippen molar-refractivity contribution in [2.45, 2.75) is 13.2 Å². The topological polar surface area (TPSA) is 58.6 Å². The molecule has 0 saturated carbocycles. The van der Waals surface area contributed by atoms with Gasteiger partial charge in [0.25, 0.3) is 0 Å². The zero-order chi connectivity index (χ0) is 19.2. The second kappa shape index (κ2) is 8.80. The minimum Gasteiger partial charge on any atom is -0.489 e. The highest BCUT2D eigenvalue weighted by atomic mass is 35.5. The largest absolute Gasteiger partial charge is 0.489 e. The standard InChI is InChI=1S/C21H17Cl2NO3/c22-17-7-6-16(20(23)11-17)13-27-19-8-4-14(5-9-19)12-24-18-3-1-2-15(10-18)21(25)26/h1-11,24H,12-13H2,(H,25,26). The van der Waals surface area contributed by atoms with E-state index < -0.39 is 5.97 Å². The highest BCUT2D eigenvalue weighted by molar-refractivity contribution is 6.35. The maximum atomic E-state index is 11.0. The Balaban J connectivity index is 1.55. The molecule has 6 heteroatoms. The molecule has 0 aliphatic heterocycles. The van der Waals surface area contributed by atoms with Crippen molar-refractivity contribution in [1.82, 2.24) is 0 Å². The quantitative estimate of drug-likeness (QED) is 0.518. The average molecular weight is 402 g/mol. The maximum Gasteiger partial charge on any atom is 0.335 e. The number of carbonyl (C=O) groups is 1. The molecule has 3 rings (SSSR count). The van der Waals surface area contributed by atoms with Crippen LogP contribution in [0.25, 0.3) is 0 Å². The van der Waals surface area contributed by atoms with Gasteiger partial charge in [0.15, 0.2) is 0 Å². The lowest BCUT2D eigenvalue weighted by Crippen LogP contribution is -2.02. The smallest absolute Gasteiger partial charge is 0.335 e. The molecule has 3 aromatic rings. The van der Waals surface area contributed by atoms with Crippen molar-refractivity contribution in [1.29, 1.82) is 0 Å². The van der Waals surface area contributed by atoms with Crippen molar-refractivity contribution in [2.75, 3.05) is 5.32 Å². The fourth-order valence-electron chi connectivity index (χ4n) is 2.47. The molecular weight excluding hydrogens is 385 g/mol. The van der Waals surface area contributed by atoms with Crippen LogP contribution in [0.1, 0.15) is 21.5 Å². The van der Waals surface area contributed by atoms with Gasteiger partial charge in [0, 0.05) is 27.8 Å². The van der Waals surface area contributed by atoms with E-state index in [0.29, 0.717) is 23.2 Å². The summed E-state index contributed by atoms with van der Waals surface area (Å²) in [5.41, 5.74) is 2.93. The monoisotopic (exact) mass is 401 g/mol. The van der Waals surface area contributed by atoms with E-state index in [0.717, 1.165) is 22.6 Å². The van der Waals surface area contributed by atoms with Gasteiger partial charge in [0.05, 0.1) is 5.56 Å². The van der Waals surface area contributed by atoms with E-state index >= 15 is 0 Å². The van der Waals surface area contributed by atoms with E-state index in [1.54, 1.807) is 30.3 Å². The van der Waals surface area contributed by atoms with Crippen LogP contribution in [-0.4, -0.2) is 11.1 Å². The molecule has 0 heterocycles. The van der Waals surface area contributed by atoms with Gasteiger partial charge in [0.2, 0.25) is 0 Å². The van der Waals surface area contributed by atoms with E-state index in [-0.39, 0.29) is 5.56 Å². The van der Waals surface area contributed by atoms with Gasteiger partial charge in [-0.25, -0.2) is 4.79 Å². The molecule has 0 fully saturated rings. The Hall–Kier alpha value is -2.69. The minimum atomic E-state index is -0.944. The van der Waals surface area contributed by atoms with E-state index in [4.69, 9.17) is 33.0 Å². The predicted octanol–water partition coefficient (Wildman–Crippen LogP) is 5.88. The molecule has 0 saturated heterocycles. The van der Waals surface area contributed by atoms with Crippen LogP contribution in [0, 0.1) is 0 Å². The number of carboxylic acid groups (broad SMARTS) is 1. The number of benzene rings is 3. The summed E-state index contributed by atoms with van der Waals surface area (Å²) in [4.78, 5) is 11.0. The molecule has 0 unspecified atom stereocenters. The van der Waals surface area contributed by atoms with Gasteiger partial charge in [0.1, 0.15) is 12.4 Å². The Labute approximate surface area is 167 Å². The zero-order valence-corrected chi connectivity index (χ0v) is 15.8. The Kier molecular flexibility index (Phi) is 6.22. The number of aromatic carboxylic acids is 1. The number of anilines is 1. The summed E-state index contributed by atoms with van der Waals surface area (Å²) in [6.07, 6.45) is 0. The molecule has 0 bridgehead atoms. The lowest BCUT2D eigenvalue weighted by atomic mass is 10.2. The van der Waals surface area contributed by atoms with E-state index in [9.17, 15) is 4.79 Å². The number of ether oxygens (including phenoxy) is 1. The summed E-state index contributed by atoms with van der Waals surface area (Å²) in [5, 5.41) is 13.4. The lowest BCUT2D eigenvalue weighted by Gasteiger charge is -2.10. The summed E-state index contributed by atoms with van der Waals surface area (Å²) in [6.45, 7) is 0.932. The summed E-state index contributed by atoms with van der Waals surface area (Å²) in [5.74, 6) is -0.210. The molecule has 0 aliphatic carbocycles. The van der Waals surface area contributed by atoms with Crippen LogP contribution in [0.5, 0.6) is 5.75 Å². The van der Waals surface area contributed by atoms with Crippen LogP contribution in [0.4, 0.5) is 5.69 Å². The Morgan fingerprint density at radius 3 is 2.48 bits per heavy atom. The number of carboxylic acids is 1. The van der Waals surface area contributed by atoms with E-state index in [1.165, 1.54) is 0 Å². The number of hydrogen-bond donors (Lipinski definition) is 2. The summed E-state index contributed by atoms with van der Waals surface area (Å²) in [6, 6.07) is 19.7. The fourth-order valence-corrected chi connectivity index (χ4v) is 2.93. The molecule has 0 radical (unpaired) electrons. The molecule has 2 N–H and O–H groups in total. The van der Waals surface area contributed by atoms with Crippen molar-refractivity contribution < 1.29 is 14.6 Å². The van der Waals surface area contributed by atoms with Gasteiger partial charge in [-0.1, -0.05) is 47.5 Å². The number of halogens is 2. The second-order valence-electron chi connectivity index (χ2n) is 5.91. The molecule has 0 amide bonds. The number of hydrogen-bond acceptors (Lipinski definition) is 3. The first-order valence-electron chi connectivity index (χ1n) is 8.24. The van der Waals surface area contributed by atoms with Crippen molar-refractivity contribution in [2.24, 2.45) is 0 Å². The summed E-state index contributed by atoms with van der Waals surface area (Å²) < 4.78 is 5.76. The zero-order valence-electron chi connectivity index (χ0n) is 14.3. The highest BCUT2D eigenvalue weighted by Crippen LogP contribution is 2.23. The molecule has 4 nitrogen and oxygen atoms in total. The molecular formula is C21H17Cl2NO3. The molecule has 0 aliphatic rings.